The normalized spacial score (nSPS) is 21.2. The number of ether oxygens (including phenoxy) is 2. The number of carbonyl (C=O) groups excluding carboxylic acids is 1. The van der Waals surface area contributed by atoms with E-state index in [0.29, 0.717) is 28.4 Å². The van der Waals surface area contributed by atoms with E-state index in [9.17, 15) is 4.79 Å². The van der Waals surface area contributed by atoms with Crippen molar-refractivity contribution in [1.82, 2.24) is 0 Å². The molecule has 0 N–H and O–H groups in total. The van der Waals surface area contributed by atoms with E-state index in [0.717, 1.165) is 25.7 Å². The Hall–Kier alpha value is -1.75. The molecule has 0 amide bonds. The Morgan fingerprint density at radius 2 is 1.50 bits per heavy atom. The van der Waals surface area contributed by atoms with Gasteiger partial charge >= 0.3 is 5.97 Å². The van der Waals surface area contributed by atoms with Crippen LogP contribution in [0, 0.1) is 11.3 Å². The highest BCUT2D eigenvalue weighted by Crippen LogP contribution is 2.38. The minimum absolute atomic E-state index is 0.0277. The van der Waals surface area contributed by atoms with Crippen molar-refractivity contribution in [3.05, 3.63) is 23.8 Å². The molecule has 24 heavy (non-hydrogen) atoms. The number of rotatable bonds is 5. The maximum Gasteiger partial charge on any atom is 0.373 e. The molecule has 0 aromatic heterocycles. The molecule has 0 aliphatic heterocycles. The Labute approximate surface area is 144 Å². The van der Waals surface area contributed by atoms with Gasteiger partial charge in [-0.05, 0) is 49.1 Å². The fraction of sp³-hybridized carbons (Fsp3) is 0.632. The highest BCUT2D eigenvalue weighted by molar-refractivity contribution is 5.90. The van der Waals surface area contributed by atoms with Gasteiger partial charge in [-0.25, -0.2) is 4.79 Å². The second kappa shape index (κ2) is 7.88. The molecule has 0 bridgehead atoms. The molecule has 1 aliphatic carbocycles. The molecule has 5 heteroatoms. The highest BCUT2D eigenvalue weighted by Gasteiger charge is 2.31. The van der Waals surface area contributed by atoms with Crippen molar-refractivity contribution in [2.45, 2.75) is 52.6 Å². The van der Waals surface area contributed by atoms with Crippen LogP contribution in [-0.2, 0) is 9.78 Å². The predicted octanol–water partition coefficient (Wildman–Crippen LogP) is 4.40. The van der Waals surface area contributed by atoms with E-state index < -0.39 is 5.97 Å². The lowest BCUT2D eigenvalue weighted by molar-refractivity contribution is -0.281. The fourth-order valence-electron chi connectivity index (χ4n) is 3.11. The molecule has 1 aromatic carbocycles. The quantitative estimate of drug-likeness (QED) is 0.589. The van der Waals surface area contributed by atoms with Crippen LogP contribution in [0.2, 0.25) is 0 Å². The number of hydrogen-bond donors (Lipinski definition) is 0. The molecule has 0 atom stereocenters. The van der Waals surface area contributed by atoms with E-state index in [2.05, 4.69) is 20.8 Å². The van der Waals surface area contributed by atoms with Crippen LogP contribution in [0.4, 0.5) is 0 Å². The van der Waals surface area contributed by atoms with Crippen LogP contribution in [0.1, 0.15) is 56.8 Å². The van der Waals surface area contributed by atoms with Gasteiger partial charge in [-0.2, -0.15) is 4.89 Å². The molecular weight excluding hydrogens is 308 g/mol. The smallest absolute Gasteiger partial charge is 0.373 e. The number of carbonyl (C=O) groups is 1. The monoisotopic (exact) mass is 336 g/mol. The van der Waals surface area contributed by atoms with Gasteiger partial charge in [0.25, 0.3) is 0 Å². The summed E-state index contributed by atoms with van der Waals surface area (Å²) in [6.07, 6.45) is 3.99. The van der Waals surface area contributed by atoms with E-state index in [-0.39, 0.29) is 6.10 Å². The molecule has 1 aromatic rings. The standard InChI is InChI=1S/C19H28O5/c1-19(2,3)14-6-8-15(9-7-14)23-24-18(20)13-10-16(21-4)12-17(11-13)22-5/h10-12,14-15H,6-9H2,1-5H3. The lowest BCUT2D eigenvalue weighted by Gasteiger charge is -2.36. The highest BCUT2D eigenvalue weighted by atomic mass is 17.2. The first kappa shape index (κ1) is 18.6. The van der Waals surface area contributed by atoms with Crippen molar-refractivity contribution in [3.63, 3.8) is 0 Å². The van der Waals surface area contributed by atoms with Crippen LogP contribution in [0.3, 0.4) is 0 Å². The first-order valence-electron chi connectivity index (χ1n) is 8.44. The van der Waals surface area contributed by atoms with Crippen LogP contribution in [-0.4, -0.2) is 26.3 Å². The summed E-state index contributed by atoms with van der Waals surface area (Å²) in [6.45, 7) is 6.82. The third kappa shape index (κ3) is 4.87. The summed E-state index contributed by atoms with van der Waals surface area (Å²) >= 11 is 0. The third-order valence-corrected chi connectivity index (χ3v) is 4.75. The summed E-state index contributed by atoms with van der Waals surface area (Å²) in [5.41, 5.74) is 0.660. The fourth-order valence-corrected chi connectivity index (χ4v) is 3.11. The van der Waals surface area contributed by atoms with Crippen molar-refractivity contribution in [2.24, 2.45) is 11.3 Å². The first-order valence-corrected chi connectivity index (χ1v) is 8.44. The molecule has 1 fully saturated rings. The average Bonchev–Trinajstić information content (AvgIpc) is 2.58. The summed E-state index contributed by atoms with van der Waals surface area (Å²) < 4.78 is 10.3. The molecule has 1 saturated carbocycles. The lowest BCUT2D eigenvalue weighted by atomic mass is 9.72. The van der Waals surface area contributed by atoms with E-state index in [1.54, 1.807) is 18.2 Å². The van der Waals surface area contributed by atoms with Gasteiger partial charge in [0, 0.05) is 6.07 Å². The Morgan fingerprint density at radius 3 is 1.96 bits per heavy atom. The van der Waals surface area contributed by atoms with Gasteiger partial charge in [0.15, 0.2) is 0 Å². The maximum absolute atomic E-state index is 12.2. The molecule has 5 nitrogen and oxygen atoms in total. The summed E-state index contributed by atoms with van der Waals surface area (Å²) in [7, 11) is 3.07. The second-order valence-electron chi connectivity index (χ2n) is 7.41. The average molecular weight is 336 g/mol. The van der Waals surface area contributed by atoms with Gasteiger partial charge in [-0.1, -0.05) is 20.8 Å². The summed E-state index contributed by atoms with van der Waals surface area (Å²) in [4.78, 5) is 22.6. The lowest BCUT2D eigenvalue weighted by Crippen LogP contribution is -2.29. The molecular formula is C19H28O5. The van der Waals surface area contributed by atoms with E-state index in [1.165, 1.54) is 14.2 Å². The van der Waals surface area contributed by atoms with Gasteiger partial charge in [-0.15, -0.1) is 0 Å². The topological polar surface area (TPSA) is 54.0 Å². The van der Waals surface area contributed by atoms with Crippen LogP contribution < -0.4 is 9.47 Å². The van der Waals surface area contributed by atoms with Crippen LogP contribution in [0.25, 0.3) is 0 Å². The second-order valence-corrected chi connectivity index (χ2v) is 7.41. The SMILES string of the molecule is COc1cc(OC)cc(C(=O)OOC2CCC(C(C)(C)C)CC2)c1. The van der Waals surface area contributed by atoms with E-state index in [1.807, 2.05) is 0 Å². The molecule has 0 spiro atoms. The van der Waals surface area contributed by atoms with Gasteiger partial charge < -0.3 is 9.47 Å². The largest absolute Gasteiger partial charge is 0.497 e. The molecule has 1 aliphatic rings. The maximum atomic E-state index is 12.2. The Morgan fingerprint density at radius 1 is 0.958 bits per heavy atom. The van der Waals surface area contributed by atoms with Crippen molar-refractivity contribution in [3.8, 4) is 11.5 Å². The molecule has 134 valence electrons. The minimum Gasteiger partial charge on any atom is -0.497 e. The molecule has 0 unspecified atom stereocenters. The Kier molecular flexibility index (Phi) is 6.10. The van der Waals surface area contributed by atoms with Gasteiger partial charge in [0.2, 0.25) is 0 Å². The first-order chi connectivity index (χ1) is 11.3. The van der Waals surface area contributed by atoms with Gasteiger partial charge in [-0.3, -0.25) is 4.89 Å². The number of benzene rings is 1. The molecule has 2 rings (SSSR count). The summed E-state index contributed by atoms with van der Waals surface area (Å²) in [5, 5.41) is 0. The number of methoxy groups -OCH3 is 2. The van der Waals surface area contributed by atoms with Gasteiger partial charge in [0.1, 0.15) is 17.6 Å². The molecule has 0 radical (unpaired) electrons. The van der Waals surface area contributed by atoms with Crippen molar-refractivity contribution in [1.29, 1.82) is 0 Å². The zero-order valence-corrected chi connectivity index (χ0v) is 15.3. The zero-order valence-electron chi connectivity index (χ0n) is 15.3. The minimum atomic E-state index is -0.537. The zero-order chi connectivity index (χ0) is 17.7. The van der Waals surface area contributed by atoms with Crippen LogP contribution in [0.15, 0.2) is 18.2 Å². The van der Waals surface area contributed by atoms with Crippen molar-refractivity contribution >= 4 is 5.97 Å². The van der Waals surface area contributed by atoms with Crippen molar-refractivity contribution in [2.75, 3.05) is 14.2 Å². The summed E-state index contributed by atoms with van der Waals surface area (Å²) in [6, 6.07) is 4.90. The van der Waals surface area contributed by atoms with Crippen LogP contribution >= 0.6 is 0 Å². The van der Waals surface area contributed by atoms with Crippen LogP contribution in [0.5, 0.6) is 11.5 Å². The van der Waals surface area contributed by atoms with E-state index in [4.69, 9.17) is 19.2 Å². The predicted molar refractivity (Wildman–Crippen MR) is 91.2 cm³/mol. The number of hydrogen-bond acceptors (Lipinski definition) is 5. The summed E-state index contributed by atoms with van der Waals surface area (Å²) in [5.74, 6) is 1.22. The Bertz CT molecular complexity index is 531. The van der Waals surface area contributed by atoms with Gasteiger partial charge in [0.05, 0.1) is 19.8 Å². The van der Waals surface area contributed by atoms with Crippen molar-refractivity contribution < 1.29 is 24.0 Å². The molecule has 0 saturated heterocycles. The third-order valence-electron chi connectivity index (χ3n) is 4.75. The van der Waals surface area contributed by atoms with E-state index >= 15 is 0 Å². The Balaban J connectivity index is 1.88. The molecule has 0 heterocycles.